The molecule has 0 radical (unpaired) electrons. The number of ether oxygens (including phenoxy) is 1. The number of benzene rings is 1. The Bertz CT molecular complexity index is 1290. The van der Waals surface area contributed by atoms with Gasteiger partial charge in [0, 0.05) is 32.6 Å². The lowest BCUT2D eigenvalue weighted by Crippen LogP contribution is -2.45. The minimum atomic E-state index is -1.27. The summed E-state index contributed by atoms with van der Waals surface area (Å²) in [7, 11) is 0. The van der Waals surface area contributed by atoms with Crippen LogP contribution in [0.2, 0.25) is 0 Å². The van der Waals surface area contributed by atoms with Crippen LogP contribution < -0.4 is 21.3 Å². The number of carbonyl (C=O) groups excluding carboxylic acids is 2. The average molecular weight is 524 g/mol. The van der Waals surface area contributed by atoms with E-state index in [0.29, 0.717) is 48.9 Å². The molecule has 2 amide bonds. The van der Waals surface area contributed by atoms with Gasteiger partial charge in [0.05, 0.1) is 6.33 Å². The molecule has 0 saturated heterocycles. The maximum Gasteiger partial charge on any atom is 0.408 e. The molecule has 1 aromatic carbocycles. The third kappa shape index (κ3) is 7.38. The van der Waals surface area contributed by atoms with Gasteiger partial charge in [-0.05, 0) is 18.4 Å². The Morgan fingerprint density at radius 3 is 2.76 bits per heavy atom. The number of fused-ring (bicyclic) bond motifs is 1. The quantitative estimate of drug-likeness (QED) is 0.241. The molecule has 1 atom stereocenters. The second kappa shape index (κ2) is 13.0. The van der Waals surface area contributed by atoms with Gasteiger partial charge in [0.2, 0.25) is 5.91 Å². The number of hydrogen-bond donors (Lipinski definition) is 5. The van der Waals surface area contributed by atoms with Crippen molar-refractivity contribution in [2.24, 2.45) is 4.99 Å². The number of aliphatic carboxylic acids is 1. The molecule has 1 aliphatic rings. The first kappa shape index (κ1) is 26.3. The van der Waals surface area contributed by atoms with Crippen LogP contribution in [0.1, 0.15) is 24.8 Å². The lowest BCUT2D eigenvalue weighted by atomic mass is 10.2. The number of hydrogen-bond acceptors (Lipinski definition) is 10. The number of nitrogens with zero attached hydrogens (tertiary/aromatic N) is 5. The fourth-order valence-electron chi connectivity index (χ4n) is 3.70. The van der Waals surface area contributed by atoms with Crippen LogP contribution >= 0.6 is 0 Å². The fourth-order valence-corrected chi connectivity index (χ4v) is 3.70. The number of carbonyl (C=O) groups is 3. The molecule has 38 heavy (non-hydrogen) atoms. The summed E-state index contributed by atoms with van der Waals surface area (Å²) in [6.07, 6.45) is 3.86. The summed E-state index contributed by atoms with van der Waals surface area (Å²) in [5.74, 6) is -0.540. The van der Waals surface area contributed by atoms with Crippen molar-refractivity contribution in [3.63, 3.8) is 0 Å². The van der Waals surface area contributed by atoms with Crippen LogP contribution in [-0.4, -0.2) is 74.2 Å². The van der Waals surface area contributed by atoms with Crippen LogP contribution in [0.3, 0.4) is 0 Å². The number of anilines is 1. The van der Waals surface area contributed by atoms with Gasteiger partial charge in [0.1, 0.15) is 24.5 Å². The Hall–Kier alpha value is -4.75. The zero-order valence-electron chi connectivity index (χ0n) is 20.6. The summed E-state index contributed by atoms with van der Waals surface area (Å²) in [4.78, 5) is 53.0. The van der Waals surface area contributed by atoms with E-state index in [1.807, 2.05) is 18.2 Å². The van der Waals surface area contributed by atoms with Gasteiger partial charge in [-0.2, -0.15) is 0 Å². The second-order valence-electron chi connectivity index (χ2n) is 8.47. The molecule has 2 aromatic heterocycles. The fraction of sp³-hybridized carbons (Fsp3) is 0.375. The summed E-state index contributed by atoms with van der Waals surface area (Å²) >= 11 is 0. The largest absolute Gasteiger partial charge is 0.480 e. The van der Waals surface area contributed by atoms with Crippen LogP contribution in [0.4, 0.5) is 10.6 Å². The zero-order valence-corrected chi connectivity index (χ0v) is 20.6. The molecular formula is C24H29N9O5. The lowest BCUT2D eigenvalue weighted by Gasteiger charge is -2.16. The first-order valence-electron chi connectivity index (χ1n) is 12.2. The Morgan fingerprint density at radius 1 is 1.16 bits per heavy atom. The van der Waals surface area contributed by atoms with E-state index in [1.165, 1.54) is 6.33 Å². The van der Waals surface area contributed by atoms with Crippen LogP contribution in [0, 0.1) is 0 Å². The molecule has 14 nitrogen and oxygen atoms in total. The highest BCUT2D eigenvalue weighted by molar-refractivity contribution is 5.97. The van der Waals surface area contributed by atoms with E-state index in [-0.39, 0.29) is 19.1 Å². The standard InChI is InChI=1S/C24H29N9O5/c34-18(32-23-25-9-5-10-26-23)8-4-11-33-15-30-19-20(28-14-29-21(19)33)27-12-17(22(35)36)31-24(37)38-13-16-6-2-1-3-7-16/h1-3,6-7,14-15,17H,4-5,8-13H2,(H,31,37)(H,35,36)(H,27,28,29)(H2,25,26,32,34). The predicted molar refractivity (Wildman–Crippen MR) is 137 cm³/mol. The van der Waals surface area contributed by atoms with E-state index in [4.69, 9.17) is 4.74 Å². The minimum Gasteiger partial charge on any atom is -0.480 e. The summed E-state index contributed by atoms with van der Waals surface area (Å²) in [5, 5.41) is 20.6. The normalized spacial score (nSPS) is 13.6. The van der Waals surface area contributed by atoms with Crippen LogP contribution in [0.25, 0.3) is 11.2 Å². The minimum absolute atomic E-state index is 0.0176. The number of guanidine groups is 1. The lowest BCUT2D eigenvalue weighted by molar-refractivity contribution is -0.139. The molecule has 0 aliphatic carbocycles. The molecule has 0 saturated carbocycles. The summed E-state index contributed by atoms with van der Waals surface area (Å²) in [6.45, 7) is 1.84. The van der Waals surface area contributed by atoms with Crippen LogP contribution in [0.5, 0.6) is 0 Å². The van der Waals surface area contributed by atoms with Crippen LogP contribution in [0.15, 0.2) is 48.0 Å². The average Bonchev–Trinajstić information content (AvgIpc) is 3.34. The molecule has 4 rings (SSSR count). The van der Waals surface area contributed by atoms with E-state index in [1.54, 1.807) is 23.0 Å². The number of aliphatic imine (C=N–C) groups is 1. The highest BCUT2D eigenvalue weighted by Gasteiger charge is 2.22. The Kier molecular flexibility index (Phi) is 8.99. The monoisotopic (exact) mass is 523 g/mol. The molecule has 3 aromatic rings. The summed E-state index contributed by atoms with van der Waals surface area (Å²) in [6, 6.07) is 7.78. The first-order chi connectivity index (χ1) is 18.5. The van der Waals surface area contributed by atoms with Crippen molar-refractivity contribution in [2.45, 2.75) is 38.5 Å². The van der Waals surface area contributed by atoms with Crippen molar-refractivity contribution in [1.82, 2.24) is 35.5 Å². The van der Waals surface area contributed by atoms with E-state index in [0.717, 1.165) is 18.5 Å². The van der Waals surface area contributed by atoms with Crippen molar-refractivity contribution >= 4 is 40.9 Å². The van der Waals surface area contributed by atoms with Crippen molar-refractivity contribution in [3.8, 4) is 0 Å². The SMILES string of the molecule is O=C(CCCn1cnc2c(NCC(NC(=O)OCc3ccccc3)C(=O)O)ncnc21)NC1=NCCCN1. The van der Waals surface area contributed by atoms with E-state index >= 15 is 0 Å². The Labute approximate surface area is 217 Å². The third-order valence-corrected chi connectivity index (χ3v) is 5.64. The molecule has 200 valence electrons. The number of imidazole rings is 1. The van der Waals surface area contributed by atoms with Gasteiger partial charge in [-0.15, -0.1) is 0 Å². The Morgan fingerprint density at radius 2 is 2.00 bits per heavy atom. The van der Waals surface area contributed by atoms with Gasteiger partial charge < -0.3 is 30.4 Å². The van der Waals surface area contributed by atoms with Gasteiger partial charge in [-0.1, -0.05) is 30.3 Å². The second-order valence-corrected chi connectivity index (χ2v) is 8.47. The van der Waals surface area contributed by atoms with E-state index in [2.05, 4.69) is 41.2 Å². The van der Waals surface area contributed by atoms with Crippen molar-refractivity contribution in [2.75, 3.05) is 25.0 Å². The maximum absolute atomic E-state index is 12.2. The third-order valence-electron chi connectivity index (χ3n) is 5.64. The number of aryl methyl sites for hydroxylation is 1. The van der Waals surface area contributed by atoms with Crippen LogP contribution in [-0.2, 0) is 27.5 Å². The first-order valence-corrected chi connectivity index (χ1v) is 12.2. The zero-order chi connectivity index (χ0) is 26.7. The number of carboxylic acids is 1. The molecule has 14 heteroatoms. The predicted octanol–water partition coefficient (Wildman–Crippen LogP) is 0.864. The van der Waals surface area contributed by atoms with Gasteiger partial charge in [0.25, 0.3) is 0 Å². The van der Waals surface area contributed by atoms with Gasteiger partial charge in [-0.25, -0.2) is 24.5 Å². The summed E-state index contributed by atoms with van der Waals surface area (Å²) in [5.41, 5.74) is 1.75. The van der Waals surface area contributed by atoms with Crippen molar-refractivity contribution in [3.05, 3.63) is 48.5 Å². The molecule has 3 heterocycles. The van der Waals surface area contributed by atoms with E-state index < -0.39 is 18.1 Å². The molecule has 0 fully saturated rings. The molecule has 0 spiro atoms. The van der Waals surface area contributed by atoms with Gasteiger partial charge in [-0.3, -0.25) is 15.1 Å². The highest BCUT2D eigenvalue weighted by Crippen LogP contribution is 2.18. The van der Waals surface area contributed by atoms with Gasteiger partial charge in [0.15, 0.2) is 17.4 Å². The van der Waals surface area contributed by atoms with Crippen molar-refractivity contribution in [1.29, 1.82) is 0 Å². The maximum atomic E-state index is 12.2. The number of amides is 2. The number of alkyl carbamates (subject to hydrolysis) is 1. The number of nitrogens with one attached hydrogen (secondary N) is 4. The molecule has 5 N–H and O–H groups in total. The molecule has 0 bridgehead atoms. The molecular weight excluding hydrogens is 494 g/mol. The number of aromatic nitrogens is 4. The topological polar surface area (TPSA) is 185 Å². The smallest absolute Gasteiger partial charge is 0.408 e. The van der Waals surface area contributed by atoms with Gasteiger partial charge >= 0.3 is 12.1 Å². The number of carboxylic acid groups (broad SMARTS) is 1. The van der Waals surface area contributed by atoms with E-state index in [9.17, 15) is 19.5 Å². The Balaban J connectivity index is 1.29. The molecule has 1 unspecified atom stereocenters. The highest BCUT2D eigenvalue weighted by atomic mass is 16.5. The number of rotatable bonds is 11. The molecule has 1 aliphatic heterocycles. The summed E-state index contributed by atoms with van der Waals surface area (Å²) < 4.78 is 6.90. The van der Waals surface area contributed by atoms with Crippen molar-refractivity contribution < 1.29 is 24.2 Å².